The molecule has 0 saturated heterocycles. The van der Waals surface area contributed by atoms with E-state index in [0.717, 1.165) is 40.2 Å². The summed E-state index contributed by atoms with van der Waals surface area (Å²) in [4.78, 5) is 22.1. The molecule has 0 saturated carbocycles. The van der Waals surface area contributed by atoms with E-state index >= 15 is 0 Å². The zero-order chi connectivity index (χ0) is 17.0. The highest BCUT2D eigenvalue weighted by Gasteiger charge is 2.34. The lowest BCUT2D eigenvalue weighted by Gasteiger charge is -2.35. The molecule has 1 amide bonds. The Hall–Kier alpha value is -3.02. The molecule has 6 nitrogen and oxygen atoms in total. The van der Waals surface area contributed by atoms with Gasteiger partial charge in [-0.25, -0.2) is 4.98 Å². The molecule has 0 radical (unpaired) electrons. The third-order valence-corrected chi connectivity index (χ3v) is 5.02. The summed E-state index contributed by atoms with van der Waals surface area (Å²) >= 11 is 0. The molecule has 4 heterocycles. The van der Waals surface area contributed by atoms with Crippen LogP contribution in [0.15, 0.2) is 36.5 Å². The largest absolute Gasteiger partial charge is 0.454 e. The van der Waals surface area contributed by atoms with Crippen molar-refractivity contribution in [2.24, 2.45) is 0 Å². The highest BCUT2D eigenvalue weighted by molar-refractivity contribution is 5.83. The van der Waals surface area contributed by atoms with Crippen LogP contribution in [0.25, 0.3) is 11.0 Å². The Balaban J connectivity index is 1.71. The molecule has 6 heteroatoms. The summed E-state index contributed by atoms with van der Waals surface area (Å²) in [7, 11) is 0. The van der Waals surface area contributed by atoms with Crippen molar-refractivity contribution < 1.29 is 14.3 Å². The van der Waals surface area contributed by atoms with E-state index in [1.54, 1.807) is 13.1 Å². The minimum Gasteiger partial charge on any atom is -0.454 e. The average Bonchev–Trinajstić information content (AvgIpc) is 3.24. The molecule has 2 aliphatic heterocycles. The number of fused-ring (bicyclic) bond motifs is 4. The van der Waals surface area contributed by atoms with Crippen molar-refractivity contribution in [1.29, 1.82) is 0 Å². The van der Waals surface area contributed by atoms with Gasteiger partial charge in [0, 0.05) is 30.7 Å². The van der Waals surface area contributed by atoms with Crippen molar-refractivity contribution >= 4 is 16.9 Å². The van der Waals surface area contributed by atoms with Gasteiger partial charge in [-0.05, 0) is 41.8 Å². The van der Waals surface area contributed by atoms with Crippen LogP contribution in [0.1, 0.15) is 29.8 Å². The van der Waals surface area contributed by atoms with Gasteiger partial charge in [-0.3, -0.25) is 4.79 Å². The minimum absolute atomic E-state index is 0.0555. The first-order valence-corrected chi connectivity index (χ1v) is 8.34. The van der Waals surface area contributed by atoms with E-state index in [-0.39, 0.29) is 18.7 Å². The number of carbonyl (C=O) groups is 1. The maximum atomic E-state index is 12.3. The van der Waals surface area contributed by atoms with Gasteiger partial charge >= 0.3 is 0 Å². The maximum Gasteiger partial charge on any atom is 0.231 e. The first-order chi connectivity index (χ1) is 12.2. The van der Waals surface area contributed by atoms with Gasteiger partial charge in [0.05, 0.1) is 6.04 Å². The summed E-state index contributed by atoms with van der Waals surface area (Å²) in [5.41, 5.74) is 4.15. The van der Waals surface area contributed by atoms with Crippen LogP contribution >= 0.6 is 0 Å². The summed E-state index contributed by atoms with van der Waals surface area (Å²) in [6.07, 6.45) is 2.60. The average molecular weight is 335 g/mol. The number of ether oxygens (including phenoxy) is 2. The number of hydrogen-bond donors (Lipinski definition) is 1. The lowest BCUT2D eigenvalue weighted by molar-refractivity contribution is -0.130. The lowest BCUT2D eigenvalue weighted by Crippen LogP contribution is -2.39. The smallest absolute Gasteiger partial charge is 0.231 e. The van der Waals surface area contributed by atoms with Crippen LogP contribution in [0.4, 0.5) is 0 Å². The van der Waals surface area contributed by atoms with Crippen molar-refractivity contribution in [1.82, 2.24) is 14.9 Å². The Morgan fingerprint density at radius 2 is 2.16 bits per heavy atom. The summed E-state index contributed by atoms with van der Waals surface area (Å²) in [5.74, 6) is 1.52. The van der Waals surface area contributed by atoms with Crippen LogP contribution in [0, 0.1) is 0 Å². The lowest BCUT2D eigenvalue weighted by atomic mass is 9.92. The van der Waals surface area contributed by atoms with Crippen molar-refractivity contribution in [3.8, 4) is 11.5 Å². The third kappa shape index (κ3) is 2.10. The Morgan fingerprint density at radius 1 is 1.28 bits per heavy atom. The zero-order valence-corrected chi connectivity index (χ0v) is 13.8. The molecule has 1 atom stereocenters. The number of nitrogens with zero attached hydrogens (tertiary/aromatic N) is 2. The first kappa shape index (κ1) is 14.3. The van der Waals surface area contributed by atoms with E-state index < -0.39 is 0 Å². The monoisotopic (exact) mass is 335 g/mol. The van der Waals surface area contributed by atoms with E-state index in [4.69, 9.17) is 9.47 Å². The molecule has 1 aromatic carbocycles. The molecular formula is C19H17N3O3. The summed E-state index contributed by atoms with van der Waals surface area (Å²) < 4.78 is 10.9. The molecule has 1 N–H and O–H groups in total. The number of pyridine rings is 1. The fraction of sp³-hybridized carbons (Fsp3) is 0.263. The molecule has 0 bridgehead atoms. The molecule has 0 fully saturated rings. The van der Waals surface area contributed by atoms with E-state index in [0.29, 0.717) is 6.54 Å². The number of rotatable bonds is 1. The van der Waals surface area contributed by atoms with Crippen molar-refractivity contribution in [2.45, 2.75) is 19.4 Å². The van der Waals surface area contributed by atoms with Crippen molar-refractivity contribution in [3.05, 3.63) is 53.3 Å². The molecule has 2 aliphatic rings. The molecule has 0 spiro atoms. The number of aromatic amines is 1. The summed E-state index contributed by atoms with van der Waals surface area (Å²) in [6.45, 7) is 2.54. The molecule has 3 aromatic rings. The normalized spacial score (nSPS) is 18.4. The molecule has 126 valence electrons. The van der Waals surface area contributed by atoms with Crippen molar-refractivity contribution in [3.63, 3.8) is 0 Å². The van der Waals surface area contributed by atoms with Crippen molar-refractivity contribution in [2.75, 3.05) is 13.3 Å². The Morgan fingerprint density at radius 3 is 3.04 bits per heavy atom. The highest BCUT2D eigenvalue weighted by atomic mass is 16.7. The van der Waals surface area contributed by atoms with Crippen LogP contribution in [0.5, 0.6) is 11.5 Å². The van der Waals surface area contributed by atoms with Crippen LogP contribution in [0.3, 0.4) is 0 Å². The van der Waals surface area contributed by atoms with Gasteiger partial charge in [-0.1, -0.05) is 6.07 Å². The minimum atomic E-state index is -0.176. The SMILES string of the molecule is CC(=O)N1CCc2c([nH]c3ncccc23)C1c1ccc2c(c1)OCO2. The van der Waals surface area contributed by atoms with E-state index in [1.165, 1.54) is 5.56 Å². The van der Waals surface area contributed by atoms with E-state index in [1.807, 2.05) is 29.2 Å². The number of hydrogen-bond acceptors (Lipinski definition) is 4. The van der Waals surface area contributed by atoms with Gasteiger partial charge in [-0.15, -0.1) is 0 Å². The molecule has 5 rings (SSSR count). The number of nitrogens with one attached hydrogen (secondary N) is 1. The summed E-state index contributed by atoms with van der Waals surface area (Å²) in [5, 5.41) is 1.13. The van der Waals surface area contributed by atoms with Gasteiger partial charge < -0.3 is 19.4 Å². The summed E-state index contributed by atoms with van der Waals surface area (Å²) in [6, 6.07) is 9.73. The molecule has 1 unspecified atom stereocenters. The second kappa shape index (κ2) is 5.24. The van der Waals surface area contributed by atoms with Gasteiger partial charge in [0.2, 0.25) is 12.7 Å². The number of aromatic nitrogens is 2. The molecule has 25 heavy (non-hydrogen) atoms. The van der Waals surface area contributed by atoms with Crippen LogP contribution in [-0.4, -0.2) is 34.1 Å². The van der Waals surface area contributed by atoms with Crippen LogP contribution < -0.4 is 9.47 Å². The maximum absolute atomic E-state index is 12.3. The predicted molar refractivity (Wildman–Crippen MR) is 91.6 cm³/mol. The quantitative estimate of drug-likeness (QED) is 0.742. The zero-order valence-electron chi connectivity index (χ0n) is 13.8. The third-order valence-electron chi connectivity index (χ3n) is 5.02. The Bertz CT molecular complexity index is 995. The fourth-order valence-corrected chi connectivity index (χ4v) is 3.89. The van der Waals surface area contributed by atoms with Gasteiger partial charge in [-0.2, -0.15) is 0 Å². The molecular weight excluding hydrogens is 318 g/mol. The second-order valence-corrected chi connectivity index (χ2v) is 6.39. The van der Waals surface area contributed by atoms with Gasteiger partial charge in [0.25, 0.3) is 0 Å². The molecule has 2 aromatic heterocycles. The molecule has 0 aliphatic carbocycles. The highest BCUT2D eigenvalue weighted by Crippen LogP contribution is 2.41. The second-order valence-electron chi connectivity index (χ2n) is 6.39. The van der Waals surface area contributed by atoms with E-state index in [2.05, 4.69) is 16.0 Å². The number of amides is 1. The number of benzene rings is 1. The number of H-pyrrole nitrogens is 1. The first-order valence-electron chi connectivity index (χ1n) is 8.34. The Labute approximate surface area is 144 Å². The fourth-order valence-electron chi connectivity index (χ4n) is 3.89. The van der Waals surface area contributed by atoms with Crippen LogP contribution in [-0.2, 0) is 11.2 Å². The van der Waals surface area contributed by atoms with Gasteiger partial charge in [0.1, 0.15) is 5.65 Å². The standard InChI is InChI=1S/C19H17N3O3/c1-11(23)22-8-6-13-14-3-2-7-20-19(14)21-17(13)18(22)12-4-5-15-16(9-12)25-10-24-15/h2-5,7,9,18H,6,8,10H2,1H3,(H,20,21). The van der Waals surface area contributed by atoms with E-state index in [9.17, 15) is 4.79 Å². The predicted octanol–water partition coefficient (Wildman–Crippen LogP) is 2.79. The topological polar surface area (TPSA) is 67.5 Å². The Kier molecular flexibility index (Phi) is 3.00. The van der Waals surface area contributed by atoms with Crippen LogP contribution in [0.2, 0.25) is 0 Å². The van der Waals surface area contributed by atoms with Gasteiger partial charge in [0.15, 0.2) is 11.5 Å². The number of carbonyl (C=O) groups excluding carboxylic acids is 1.